The standard InChI is InChI=1S/C17H26O4/c1-12(2)17(9-8-16(4,18)21-17)14-10-13(3)6-7-15(14)20-11-19-5/h6-7,10,12,18H,8-9,11H2,1-5H3. The van der Waals surface area contributed by atoms with Gasteiger partial charge in [-0.1, -0.05) is 25.5 Å². The zero-order chi connectivity index (χ0) is 15.7. The molecule has 0 radical (unpaired) electrons. The first-order valence-electron chi connectivity index (χ1n) is 7.46. The molecule has 2 rings (SSSR count). The first-order chi connectivity index (χ1) is 9.81. The number of ether oxygens (including phenoxy) is 3. The average Bonchev–Trinajstić information content (AvgIpc) is 2.75. The van der Waals surface area contributed by atoms with E-state index >= 15 is 0 Å². The summed E-state index contributed by atoms with van der Waals surface area (Å²) in [6, 6.07) is 6.05. The van der Waals surface area contributed by atoms with Crippen molar-refractivity contribution < 1.29 is 19.3 Å². The SMILES string of the molecule is COCOc1ccc(C)cc1C1(C(C)C)CCC(C)(O)O1. The van der Waals surface area contributed by atoms with Gasteiger partial charge in [0.1, 0.15) is 11.4 Å². The van der Waals surface area contributed by atoms with Crippen molar-refractivity contribution in [3.05, 3.63) is 29.3 Å². The summed E-state index contributed by atoms with van der Waals surface area (Å²) in [4.78, 5) is 0. The molecule has 0 aromatic heterocycles. The third-order valence-electron chi connectivity index (χ3n) is 4.22. The van der Waals surface area contributed by atoms with Crippen LogP contribution in [0.3, 0.4) is 0 Å². The van der Waals surface area contributed by atoms with Gasteiger partial charge in [-0.2, -0.15) is 0 Å². The van der Waals surface area contributed by atoms with Crippen LogP contribution in [0.4, 0.5) is 0 Å². The summed E-state index contributed by atoms with van der Waals surface area (Å²) in [6.07, 6.45) is 1.38. The fourth-order valence-electron chi connectivity index (χ4n) is 3.04. The molecule has 1 aromatic rings. The first-order valence-corrected chi connectivity index (χ1v) is 7.46. The summed E-state index contributed by atoms with van der Waals surface area (Å²) in [5, 5.41) is 10.3. The van der Waals surface area contributed by atoms with Crippen LogP contribution in [-0.2, 0) is 15.1 Å². The lowest BCUT2D eigenvalue weighted by atomic mass is 9.80. The summed E-state index contributed by atoms with van der Waals surface area (Å²) >= 11 is 0. The molecule has 1 aromatic carbocycles. The fraction of sp³-hybridized carbons (Fsp3) is 0.647. The highest BCUT2D eigenvalue weighted by Crippen LogP contribution is 2.50. The van der Waals surface area contributed by atoms with Crippen molar-refractivity contribution in [2.45, 2.75) is 51.9 Å². The molecule has 4 heteroatoms. The summed E-state index contributed by atoms with van der Waals surface area (Å²) in [5.74, 6) is -0.112. The highest BCUT2D eigenvalue weighted by Gasteiger charge is 2.50. The molecule has 0 amide bonds. The second-order valence-electron chi connectivity index (χ2n) is 6.37. The van der Waals surface area contributed by atoms with Gasteiger partial charge in [0.15, 0.2) is 12.6 Å². The normalized spacial score (nSPS) is 29.1. The van der Waals surface area contributed by atoms with Crippen molar-refractivity contribution in [1.29, 1.82) is 0 Å². The summed E-state index contributed by atoms with van der Waals surface area (Å²) in [6.45, 7) is 8.20. The number of methoxy groups -OCH3 is 1. The van der Waals surface area contributed by atoms with Crippen LogP contribution in [0, 0.1) is 12.8 Å². The molecule has 1 fully saturated rings. The molecule has 0 saturated carbocycles. The topological polar surface area (TPSA) is 47.9 Å². The molecular formula is C17H26O4. The van der Waals surface area contributed by atoms with E-state index in [1.807, 2.05) is 19.1 Å². The number of aliphatic hydroxyl groups is 1. The summed E-state index contributed by atoms with van der Waals surface area (Å²) < 4.78 is 16.8. The quantitative estimate of drug-likeness (QED) is 0.846. The Kier molecular flexibility index (Phi) is 4.61. The van der Waals surface area contributed by atoms with Crippen molar-refractivity contribution in [3.8, 4) is 5.75 Å². The maximum atomic E-state index is 10.3. The predicted octanol–water partition coefficient (Wildman–Crippen LogP) is 3.35. The zero-order valence-corrected chi connectivity index (χ0v) is 13.6. The Labute approximate surface area is 127 Å². The van der Waals surface area contributed by atoms with Gasteiger partial charge in [-0.3, -0.25) is 0 Å². The van der Waals surface area contributed by atoms with Gasteiger partial charge in [0.25, 0.3) is 0 Å². The van der Waals surface area contributed by atoms with E-state index in [2.05, 4.69) is 19.9 Å². The smallest absolute Gasteiger partial charge is 0.188 e. The average molecular weight is 294 g/mol. The first kappa shape index (κ1) is 16.3. The van der Waals surface area contributed by atoms with Crippen LogP contribution in [0.15, 0.2) is 18.2 Å². The van der Waals surface area contributed by atoms with Crippen LogP contribution in [0.2, 0.25) is 0 Å². The maximum absolute atomic E-state index is 10.3. The molecule has 4 nitrogen and oxygen atoms in total. The molecule has 0 spiro atoms. The van der Waals surface area contributed by atoms with Gasteiger partial charge in [0.05, 0.1) is 0 Å². The van der Waals surface area contributed by atoms with Crippen LogP contribution < -0.4 is 4.74 Å². The van der Waals surface area contributed by atoms with Gasteiger partial charge in [0.2, 0.25) is 0 Å². The number of aryl methyl sites for hydroxylation is 1. The Hall–Kier alpha value is -1.10. The molecule has 1 heterocycles. The van der Waals surface area contributed by atoms with Crippen LogP contribution >= 0.6 is 0 Å². The Morgan fingerprint density at radius 3 is 2.57 bits per heavy atom. The minimum Gasteiger partial charge on any atom is -0.467 e. The monoisotopic (exact) mass is 294 g/mol. The Bertz CT molecular complexity index is 496. The molecule has 118 valence electrons. The molecule has 2 atom stereocenters. The van der Waals surface area contributed by atoms with Crippen molar-refractivity contribution >= 4 is 0 Å². The fourth-order valence-corrected chi connectivity index (χ4v) is 3.04. The van der Waals surface area contributed by atoms with E-state index in [-0.39, 0.29) is 12.7 Å². The molecule has 1 aliphatic rings. The number of benzene rings is 1. The minimum absolute atomic E-state index is 0.195. The lowest BCUT2D eigenvalue weighted by Crippen LogP contribution is -2.36. The van der Waals surface area contributed by atoms with E-state index in [0.717, 1.165) is 23.3 Å². The van der Waals surface area contributed by atoms with E-state index in [4.69, 9.17) is 14.2 Å². The van der Waals surface area contributed by atoms with Crippen LogP contribution in [0.5, 0.6) is 5.75 Å². The number of hydrogen-bond acceptors (Lipinski definition) is 4. The van der Waals surface area contributed by atoms with Gasteiger partial charge in [0, 0.05) is 19.1 Å². The summed E-state index contributed by atoms with van der Waals surface area (Å²) in [5.41, 5.74) is 1.61. The van der Waals surface area contributed by atoms with Crippen molar-refractivity contribution in [1.82, 2.24) is 0 Å². The molecule has 1 N–H and O–H groups in total. The van der Waals surface area contributed by atoms with E-state index in [1.165, 1.54) is 0 Å². The summed E-state index contributed by atoms with van der Waals surface area (Å²) in [7, 11) is 1.60. The Balaban J connectivity index is 2.48. The van der Waals surface area contributed by atoms with Gasteiger partial charge in [-0.25, -0.2) is 0 Å². The molecule has 0 bridgehead atoms. The zero-order valence-electron chi connectivity index (χ0n) is 13.6. The molecule has 21 heavy (non-hydrogen) atoms. The van der Waals surface area contributed by atoms with Gasteiger partial charge >= 0.3 is 0 Å². The van der Waals surface area contributed by atoms with E-state index < -0.39 is 11.4 Å². The maximum Gasteiger partial charge on any atom is 0.188 e. The predicted molar refractivity (Wildman–Crippen MR) is 81.1 cm³/mol. The minimum atomic E-state index is -1.09. The third kappa shape index (κ3) is 3.23. The Morgan fingerprint density at radius 1 is 1.33 bits per heavy atom. The largest absolute Gasteiger partial charge is 0.467 e. The van der Waals surface area contributed by atoms with Crippen LogP contribution in [-0.4, -0.2) is 24.8 Å². The second kappa shape index (κ2) is 5.95. The van der Waals surface area contributed by atoms with Crippen molar-refractivity contribution in [2.24, 2.45) is 5.92 Å². The lowest BCUT2D eigenvalue weighted by molar-refractivity contribution is -0.227. The van der Waals surface area contributed by atoms with E-state index in [0.29, 0.717) is 6.42 Å². The molecule has 1 aliphatic heterocycles. The van der Waals surface area contributed by atoms with Gasteiger partial charge in [-0.05, 0) is 38.3 Å². The molecule has 2 unspecified atom stereocenters. The molecule has 0 aliphatic carbocycles. The second-order valence-corrected chi connectivity index (χ2v) is 6.37. The van der Waals surface area contributed by atoms with Crippen molar-refractivity contribution in [3.63, 3.8) is 0 Å². The lowest BCUT2D eigenvalue weighted by Gasteiger charge is -2.36. The third-order valence-corrected chi connectivity index (χ3v) is 4.22. The van der Waals surface area contributed by atoms with Crippen molar-refractivity contribution in [2.75, 3.05) is 13.9 Å². The highest BCUT2D eigenvalue weighted by molar-refractivity contribution is 5.42. The van der Waals surface area contributed by atoms with E-state index in [1.54, 1.807) is 14.0 Å². The number of rotatable bonds is 5. The Morgan fingerprint density at radius 2 is 2.05 bits per heavy atom. The van der Waals surface area contributed by atoms with Gasteiger partial charge in [-0.15, -0.1) is 0 Å². The number of hydrogen-bond donors (Lipinski definition) is 1. The molecule has 1 saturated heterocycles. The van der Waals surface area contributed by atoms with Gasteiger partial charge < -0.3 is 19.3 Å². The highest BCUT2D eigenvalue weighted by atomic mass is 16.7. The van der Waals surface area contributed by atoms with Crippen LogP contribution in [0.25, 0.3) is 0 Å². The molecular weight excluding hydrogens is 268 g/mol. The van der Waals surface area contributed by atoms with E-state index in [9.17, 15) is 5.11 Å². The van der Waals surface area contributed by atoms with Crippen LogP contribution in [0.1, 0.15) is 44.7 Å².